The zero-order chi connectivity index (χ0) is 32.7. The van der Waals surface area contributed by atoms with E-state index in [1.807, 2.05) is 85.8 Å². The van der Waals surface area contributed by atoms with Crippen molar-refractivity contribution in [1.29, 1.82) is 0 Å². The van der Waals surface area contributed by atoms with Gasteiger partial charge in [0.1, 0.15) is 5.00 Å². The number of benzene rings is 3. The molecule has 1 aliphatic rings. The number of pyridine rings is 1. The van der Waals surface area contributed by atoms with Crippen molar-refractivity contribution >= 4 is 56.6 Å². The molecule has 47 heavy (non-hydrogen) atoms. The van der Waals surface area contributed by atoms with E-state index >= 15 is 0 Å². The number of carbonyl (C=O) groups is 3. The Kier molecular flexibility index (Phi) is 8.17. The van der Waals surface area contributed by atoms with Crippen molar-refractivity contribution in [1.82, 2.24) is 19.7 Å². The molecule has 0 atom stereocenters. The van der Waals surface area contributed by atoms with Gasteiger partial charge in [-0.1, -0.05) is 83.9 Å². The number of amides is 2. The number of thiophene rings is 1. The lowest BCUT2D eigenvalue weighted by Crippen LogP contribution is -2.33. The molecular formula is C37H30ClN5O3S. The highest BCUT2D eigenvalue weighted by Gasteiger charge is 2.31. The van der Waals surface area contributed by atoms with Gasteiger partial charge in [0.2, 0.25) is 5.91 Å². The van der Waals surface area contributed by atoms with Crippen molar-refractivity contribution in [3.63, 3.8) is 0 Å². The molecule has 1 aliphatic heterocycles. The molecule has 0 saturated heterocycles. The highest BCUT2D eigenvalue weighted by Crippen LogP contribution is 2.39. The van der Waals surface area contributed by atoms with E-state index in [9.17, 15) is 14.4 Å². The van der Waals surface area contributed by atoms with Crippen molar-refractivity contribution in [3.05, 3.63) is 134 Å². The topological polar surface area (TPSA) is 97.2 Å². The molecule has 234 valence electrons. The van der Waals surface area contributed by atoms with Gasteiger partial charge < -0.3 is 10.2 Å². The van der Waals surface area contributed by atoms with Gasteiger partial charge in [0.05, 0.1) is 41.5 Å². The van der Waals surface area contributed by atoms with Gasteiger partial charge in [0.15, 0.2) is 11.4 Å². The summed E-state index contributed by atoms with van der Waals surface area (Å²) in [6.07, 6.45) is 2.19. The predicted octanol–water partition coefficient (Wildman–Crippen LogP) is 7.56. The zero-order valence-electron chi connectivity index (χ0n) is 25.8. The largest absolute Gasteiger partial charge is 0.337 e. The number of aromatic nitrogens is 3. The zero-order valence-corrected chi connectivity index (χ0v) is 27.4. The molecule has 2 amide bonds. The van der Waals surface area contributed by atoms with Crippen molar-refractivity contribution in [2.24, 2.45) is 0 Å². The fourth-order valence-electron chi connectivity index (χ4n) is 5.89. The molecule has 7 rings (SSSR count). The van der Waals surface area contributed by atoms with Crippen LogP contribution in [0, 0.1) is 6.92 Å². The van der Waals surface area contributed by atoms with Crippen LogP contribution in [0.3, 0.4) is 0 Å². The van der Waals surface area contributed by atoms with Gasteiger partial charge in [-0.15, -0.1) is 11.3 Å². The average molecular weight is 660 g/mol. The summed E-state index contributed by atoms with van der Waals surface area (Å²) in [5, 5.41) is 9.43. The number of anilines is 1. The summed E-state index contributed by atoms with van der Waals surface area (Å²) in [4.78, 5) is 48.2. The summed E-state index contributed by atoms with van der Waals surface area (Å²) < 4.78 is 1.77. The molecule has 8 nitrogen and oxygen atoms in total. The third-order valence-electron chi connectivity index (χ3n) is 8.44. The quantitative estimate of drug-likeness (QED) is 0.179. The smallest absolute Gasteiger partial charge is 0.257 e. The molecule has 0 saturated carbocycles. The van der Waals surface area contributed by atoms with Crippen molar-refractivity contribution in [2.75, 3.05) is 11.9 Å². The van der Waals surface area contributed by atoms with Crippen molar-refractivity contribution in [3.8, 4) is 11.3 Å². The number of nitrogens with zero attached hydrogens (tertiary/aromatic N) is 4. The molecule has 1 N–H and O–H groups in total. The maximum atomic E-state index is 14.3. The first-order chi connectivity index (χ1) is 22.7. The molecule has 0 spiro atoms. The molecule has 0 aliphatic carbocycles. The lowest BCUT2D eigenvalue weighted by molar-refractivity contribution is -0.129. The van der Waals surface area contributed by atoms with Gasteiger partial charge in [0, 0.05) is 34.5 Å². The molecule has 3 aromatic carbocycles. The second kappa shape index (κ2) is 12.6. The first kappa shape index (κ1) is 30.5. The first-order valence-corrected chi connectivity index (χ1v) is 16.4. The molecule has 3 aromatic heterocycles. The fourth-order valence-corrected chi connectivity index (χ4v) is 7.27. The minimum atomic E-state index is -0.374. The van der Waals surface area contributed by atoms with Gasteiger partial charge in [-0.05, 0) is 42.7 Å². The summed E-state index contributed by atoms with van der Waals surface area (Å²) in [6, 6.07) is 26.4. The number of hydrogen-bond donors (Lipinski definition) is 1. The number of nitrogens with one attached hydrogen (secondary N) is 1. The molecule has 0 unspecified atom stereocenters. The van der Waals surface area contributed by atoms with Crippen LogP contribution in [0.1, 0.15) is 54.8 Å². The Morgan fingerprint density at radius 3 is 2.45 bits per heavy atom. The van der Waals surface area contributed by atoms with Crippen LogP contribution in [-0.2, 0) is 24.3 Å². The van der Waals surface area contributed by atoms with E-state index in [2.05, 4.69) is 10.4 Å². The number of fused-ring (bicyclic) bond motifs is 2. The number of halogens is 1. The lowest BCUT2D eigenvalue weighted by Gasteiger charge is -2.26. The highest BCUT2D eigenvalue weighted by molar-refractivity contribution is 7.17. The van der Waals surface area contributed by atoms with Gasteiger partial charge in [0.25, 0.3) is 5.91 Å². The molecule has 10 heteroatoms. The third-order valence-corrected chi connectivity index (χ3v) is 9.82. The van der Waals surface area contributed by atoms with Crippen LogP contribution in [-0.4, -0.2) is 43.8 Å². The number of rotatable bonds is 7. The SMILES string of the molecule is CC(=O)N1CCc2c(sc(NC(=O)c3cc(-c4ccccc4)nc4c3cnn4Cc3ccc(Cl)cc3)c2C(=O)c2ccc(C)cc2)C1. The van der Waals surface area contributed by atoms with Crippen LogP contribution in [0.5, 0.6) is 0 Å². The predicted molar refractivity (Wildman–Crippen MR) is 185 cm³/mol. The Morgan fingerprint density at radius 2 is 1.72 bits per heavy atom. The lowest BCUT2D eigenvalue weighted by atomic mass is 9.95. The first-order valence-electron chi connectivity index (χ1n) is 15.2. The summed E-state index contributed by atoms with van der Waals surface area (Å²) in [7, 11) is 0. The van der Waals surface area contributed by atoms with E-state index < -0.39 is 0 Å². The van der Waals surface area contributed by atoms with Gasteiger partial charge in [-0.25, -0.2) is 9.67 Å². The van der Waals surface area contributed by atoms with E-state index in [0.717, 1.165) is 27.1 Å². The van der Waals surface area contributed by atoms with Gasteiger partial charge in [-0.2, -0.15) is 5.10 Å². The fraction of sp³-hybridized carbons (Fsp3) is 0.162. The Labute approximate surface area is 280 Å². The van der Waals surface area contributed by atoms with E-state index in [1.54, 1.807) is 28.8 Å². The third kappa shape index (κ3) is 6.07. The van der Waals surface area contributed by atoms with Crippen LogP contribution in [0.2, 0.25) is 5.02 Å². The normalized spacial score (nSPS) is 12.6. The Balaban J connectivity index is 1.31. The highest BCUT2D eigenvalue weighted by atomic mass is 35.5. The Bertz CT molecular complexity index is 2160. The Hall–Kier alpha value is -5.12. The molecule has 0 radical (unpaired) electrons. The van der Waals surface area contributed by atoms with Gasteiger partial charge >= 0.3 is 0 Å². The number of hydrogen-bond acceptors (Lipinski definition) is 6. The standard InChI is InChI=1S/C37H30ClN5O3S/c1-22-8-12-26(13-9-22)34(45)33-28-16-17-42(23(2)44)21-32(28)47-37(33)41-36(46)29-18-31(25-6-4-3-5-7-25)40-35-30(29)19-39-43(35)20-24-10-14-27(38)15-11-24/h3-15,18-19H,16-17,20-21H2,1-2H3,(H,41,46). The van der Waals surface area contributed by atoms with E-state index in [-0.39, 0.29) is 17.6 Å². The number of ketones is 1. The number of carbonyl (C=O) groups excluding carboxylic acids is 3. The van der Waals surface area contributed by atoms with Gasteiger partial charge in [-0.3, -0.25) is 14.4 Å². The minimum Gasteiger partial charge on any atom is -0.337 e. The minimum absolute atomic E-state index is 0.0238. The number of aryl methyl sites for hydroxylation is 1. The van der Waals surface area contributed by atoms with Crippen LogP contribution >= 0.6 is 22.9 Å². The van der Waals surface area contributed by atoms with E-state index in [1.165, 1.54) is 11.3 Å². The van der Waals surface area contributed by atoms with E-state index in [4.69, 9.17) is 16.6 Å². The van der Waals surface area contributed by atoms with Crippen molar-refractivity contribution in [2.45, 2.75) is 33.4 Å². The molecule has 0 fully saturated rings. The van der Waals surface area contributed by atoms with Crippen LogP contribution in [0.4, 0.5) is 5.00 Å². The monoisotopic (exact) mass is 659 g/mol. The Morgan fingerprint density at radius 1 is 0.979 bits per heavy atom. The maximum Gasteiger partial charge on any atom is 0.257 e. The summed E-state index contributed by atoms with van der Waals surface area (Å²) in [5.74, 6) is -0.556. The summed E-state index contributed by atoms with van der Waals surface area (Å²) >= 11 is 7.46. The van der Waals surface area contributed by atoms with E-state index in [0.29, 0.717) is 69.5 Å². The summed E-state index contributed by atoms with van der Waals surface area (Å²) in [5.41, 5.74) is 6.38. The van der Waals surface area contributed by atoms with Crippen molar-refractivity contribution < 1.29 is 14.4 Å². The van der Waals surface area contributed by atoms with Crippen LogP contribution in [0.25, 0.3) is 22.3 Å². The van der Waals surface area contributed by atoms with Crippen LogP contribution < -0.4 is 5.32 Å². The summed E-state index contributed by atoms with van der Waals surface area (Å²) in [6.45, 7) is 4.87. The second-order valence-electron chi connectivity index (χ2n) is 11.6. The molecule has 6 aromatic rings. The second-order valence-corrected chi connectivity index (χ2v) is 13.2. The molecule has 4 heterocycles. The maximum absolute atomic E-state index is 14.3. The molecule has 0 bridgehead atoms. The molecular weight excluding hydrogens is 630 g/mol. The average Bonchev–Trinajstić information content (AvgIpc) is 3.65. The van der Waals surface area contributed by atoms with Crippen LogP contribution in [0.15, 0.2) is 91.1 Å².